The summed E-state index contributed by atoms with van der Waals surface area (Å²) in [4.78, 5) is 11.2. The largest absolute Gasteiger partial charge is 0.464 e. The van der Waals surface area contributed by atoms with Crippen LogP contribution >= 0.6 is 0 Å². The Labute approximate surface area is 104 Å². The lowest BCUT2D eigenvalue weighted by atomic mass is 10.2. The van der Waals surface area contributed by atoms with Crippen molar-refractivity contribution in [2.45, 2.75) is 26.1 Å². The molecule has 3 nitrogen and oxygen atoms in total. The summed E-state index contributed by atoms with van der Waals surface area (Å²) in [6, 6.07) is 11.1. The van der Waals surface area contributed by atoms with Crippen molar-refractivity contribution in [3.8, 4) is 0 Å². The Hall–Kier alpha value is -1.13. The fourth-order valence-corrected chi connectivity index (χ4v) is 3.42. The molecule has 0 saturated carbocycles. The summed E-state index contributed by atoms with van der Waals surface area (Å²) in [5.74, 6) is -0.277. The van der Waals surface area contributed by atoms with E-state index >= 15 is 0 Å². The molecule has 0 bridgehead atoms. The van der Waals surface area contributed by atoms with Gasteiger partial charge in [0.15, 0.2) is 8.32 Å². The number of ether oxygens (including phenoxy) is 1. The van der Waals surface area contributed by atoms with Crippen molar-refractivity contribution >= 4 is 14.3 Å². The minimum atomic E-state index is -1.84. The van der Waals surface area contributed by atoms with E-state index in [2.05, 4.69) is 25.2 Å². The summed E-state index contributed by atoms with van der Waals surface area (Å²) in [6.45, 7) is 6.49. The van der Waals surface area contributed by atoms with Crippen molar-refractivity contribution < 1.29 is 14.0 Å². The Bertz CT molecular complexity index is 349. The average Bonchev–Trinajstić information content (AvgIpc) is 2.28. The van der Waals surface area contributed by atoms with Gasteiger partial charge in [0.25, 0.3) is 0 Å². The number of rotatable bonds is 6. The minimum Gasteiger partial charge on any atom is -0.464 e. The third kappa shape index (κ3) is 5.65. The summed E-state index contributed by atoms with van der Waals surface area (Å²) in [5, 5.41) is 0. The first-order valence-corrected chi connectivity index (χ1v) is 8.98. The molecule has 0 N–H and O–H groups in total. The Morgan fingerprint density at radius 2 is 1.88 bits per heavy atom. The van der Waals surface area contributed by atoms with Crippen LogP contribution in [0.25, 0.3) is 0 Å². The molecule has 0 unspecified atom stereocenters. The molecule has 1 aromatic carbocycles. The van der Waals surface area contributed by atoms with Crippen LogP contribution in [0, 0.1) is 0 Å². The van der Waals surface area contributed by atoms with Crippen LogP contribution in [0.1, 0.15) is 12.5 Å². The van der Waals surface area contributed by atoms with E-state index in [0.717, 1.165) is 6.04 Å². The van der Waals surface area contributed by atoms with E-state index in [9.17, 15) is 4.79 Å². The molecule has 0 spiro atoms. The van der Waals surface area contributed by atoms with Crippen LogP contribution in [0.5, 0.6) is 0 Å². The smallest absolute Gasteiger partial charge is 0.330 e. The van der Waals surface area contributed by atoms with Gasteiger partial charge in [-0.05, 0) is 31.6 Å². The molecule has 17 heavy (non-hydrogen) atoms. The first-order chi connectivity index (χ1) is 8.03. The molecule has 0 fully saturated rings. The standard InChI is InChI=1S/C13H20O3Si/c1-4-15-13(14)10-16-17(2,3)11-12-8-6-5-7-9-12/h5-9H,4,10-11H2,1-3H3. The fourth-order valence-electron chi connectivity index (χ4n) is 1.60. The van der Waals surface area contributed by atoms with E-state index < -0.39 is 8.32 Å². The Balaban J connectivity index is 2.43. The Morgan fingerprint density at radius 1 is 1.24 bits per heavy atom. The quantitative estimate of drug-likeness (QED) is 0.576. The predicted molar refractivity (Wildman–Crippen MR) is 70.2 cm³/mol. The van der Waals surface area contributed by atoms with E-state index in [4.69, 9.17) is 9.16 Å². The van der Waals surface area contributed by atoms with Gasteiger partial charge in [-0.2, -0.15) is 0 Å². The molecule has 94 valence electrons. The average molecular weight is 252 g/mol. The second kappa shape index (κ2) is 6.57. The molecule has 0 amide bonds. The molecule has 0 saturated heterocycles. The lowest BCUT2D eigenvalue weighted by Gasteiger charge is -2.22. The molecule has 0 aliphatic rings. The van der Waals surface area contributed by atoms with Crippen LogP contribution in [-0.4, -0.2) is 27.5 Å². The van der Waals surface area contributed by atoms with Crippen LogP contribution in [0.15, 0.2) is 30.3 Å². The van der Waals surface area contributed by atoms with E-state index in [-0.39, 0.29) is 12.6 Å². The lowest BCUT2D eigenvalue weighted by molar-refractivity contribution is -0.145. The van der Waals surface area contributed by atoms with Crippen molar-refractivity contribution in [3.05, 3.63) is 35.9 Å². The summed E-state index contributed by atoms with van der Waals surface area (Å²) >= 11 is 0. The zero-order chi connectivity index (χ0) is 12.7. The van der Waals surface area contributed by atoms with Gasteiger partial charge >= 0.3 is 5.97 Å². The molecule has 0 atom stereocenters. The normalized spacial score (nSPS) is 11.2. The number of esters is 1. The first kappa shape index (κ1) is 13.9. The monoisotopic (exact) mass is 252 g/mol. The molecule has 1 rings (SSSR count). The predicted octanol–water partition coefficient (Wildman–Crippen LogP) is 2.55. The molecular formula is C13H20O3Si. The highest BCUT2D eigenvalue weighted by Crippen LogP contribution is 2.13. The van der Waals surface area contributed by atoms with E-state index in [0.29, 0.717) is 6.61 Å². The van der Waals surface area contributed by atoms with E-state index in [1.54, 1.807) is 6.92 Å². The van der Waals surface area contributed by atoms with Crippen molar-refractivity contribution in [1.29, 1.82) is 0 Å². The lowest BCUT2D eigenvalue weighted by Crippen LogP contribution is -2.36. The van der Waals surface area contributed by atoms with Crippen LogP contribution < -0.4 is 0 Å². The van der Waals surface area contributed by atoms with Gasteiger partial charge in [-0.3, -0.25) is 0 Å². The molecule has 4 heteroatoms. The molecule has 0 aliphatic heterocycles. The zero-order valence-corrected chi connectivity index (χ0v) is 11.7. The van der Waals surface area contributed by atoms with Crippen LogP contribution in [0.4, 0.5) is 0 Å². The van der Waals surface area contributed by atoms with Gasteiger partial charge in [0, 0.05) is 0 Å². The highest BCUT2D eigenvalue weighted by atomic mass is 28.4. The number of carbonyl (C=O) groups excluding carboxylic acids is 1. The maximum absolute atomic E-state index is 11.2. The number of hydrogen-bond acceptors (Lipinski definition) is 3. The van der Waals surface area contributed by atoms with Crippen LogP contribution in [-0.2, 0) is 20.0 Å². The highest BCUT2D eigenvalue weighted by Gasteiger charge is 2.24. The molecule has 0 radical (unpaired) electrons. The van der Waals surface area contributed by atoms with Gasteiger partial charge in [-0.15, -0.1) is 0 Å². The number of carbonyl (C=O) groups is 1. The van der Waals surface area contributed by atoms with Crippen molar-refractivity contribution in [2.75, 3.05) is 13.2 Å². The van der Waals surface area contributed by atoms with Gasteiger partial charge in [-0.25, -0.2) is 4.79 Å². The van der Waals surface area contributed by atoms with Crippen LogP contribution in [0.3, 0.4) is 0 Å². The number of hydrogen-bond donors (Lipinski definition) is 0. The van der Waals surface area contributed by atoms with Crippen molar-refractivity contribution in [1.82, 2.24) is 0 Å². The van der Waals surface area contributed by atoms with Gasteiger partial charge in [0.05, 0.1) is 6.61 Å². The SMILES string of the molecule is CCOC(=O)CO[Si](C)(C)Cc1ccccc1. The topological polar surface area (TPSA) is 35.5 Å². The summed E-state index contributed by atoms with van der Waals surface area (Å²) in [7, 11) is -1.84. The summed E-state index contributed by atoms with van der Waals surface area (Å²) < 4.78 is 10.6. The Kier molecular flexibility index (Phi) is 5.38. The third-order valence-electron chi connectivity index (χ3n) is 2.36. The van der Waals surface area contributed by atoms with E-state index in [1.807, 2.05) is 18.2 Å². The molecule has 0 aromatic heterocycles. The zero-order valence-electron chi connectivity index (χ0n) is 10.7. The summed E-state index contributed by atoms with van der Waals surface area (Å²) in [5.41, 5.74) is 1.26. The van der Waals surface area contributed by atoms with E-state index in [1.165, 1.54) is 5.56 Å². The van der Waals surface area contributed by atoms with Crippen molar-refractivity contribution in [3.63, 3.8) is 0 Å². The van der Waals surface area contributed by atoms with Crippen LogP contribution in [0.2, 0.25) is 13.1 Å². The molecule has 0 aliphatic carbocycles. The first-order valence-electron chi connectivity index (χ1n) is 5.87. The van der Waals surface area contributed by atoms with Gasteiger partial charge in [-0.1, -0.05) is 30.3 Å². The van der Waals surface area contributed by atoms with Gasteiger partial charge in [0.1, 0.15) is 6.61 Å². The number of benzene rings is 1. The minimum absolute atomic E-state index is 0.0693. The second-order valence-corrected chi connectivity index (χ2v) is 8.68. The fraction of sp³-hybridized carbons (Fsp3) is 0.462. The van der Waals surface area contributed by atoms with Crippen molar-refractivity contribution in [2.24, 2.45) is 0 Å². The summed E-state index contributed by atoms with van der Waals surface area (Å²) in [6.07, 6.45) is 0. The molecule has 1 aromatic rings. The molecular weight excluding hydrogens is 232 g/mol. The maximum atomic E-state index is 11.2. The second-order valence-electron chi connectivity index (χ2n) is 4.52. The third-order valence-corrected chi connectivity index (χ3v) is 4.54. The van der Waals surface area contributed by atoms with Gasteiger partial charge in [0.2, 0.25) is 0 Å². The molecule has 0 heterocycles. The highest BCUT2D eigenvalue weighted by molar-refractivity contribution is 6.70. The Morgan fingerprint density at radius 3 is 2.47 bits per heavy atom. The maximum Gasteiger partial charge on any atom is 0.330 e. The van der Waals surface area contributed by atoms with Gasteiger partial charge < -0.3 is 9.16 Å².